The van der Waals surface area contributed by atoms with E-state index in [1.54, 1.807) is 0 Å². The fourth-order valence-corrected chi connectivity index (χ4v) is 5.70. The summed E-state index contributed by atoms with van der Waals surface area (Å²) in [5.74, 6) is -1.50. The second-order valence-corrected chi connectivity index (χ2v) is 14.9. The summed E-state index contributed by atoms with van der Waals surface area (Å²) in [7, 11) is 5.50. The standard InChI is InChI=1S/C45H77NO7/c1-6-8-10-12-14-15-16-17-18-19-20-21-22-23-24-25-26-27-28-30-32-34-36-44(48)53-41(39-51-38-37-42(45(49)50)46(3,4)5)40-52-43(47)35-33-31-29-13-11-9-7-2/h8,10,14-15,17-18,20-21,23-24,41-42H,6-7,9,11-13,16,19,22,25-40H2,1-5H3/p+1/b10-8+,15-14+,18-17+,21-20+,24-23+. The zero-order chi connectivity index (χ0) is 39.3. The van der Waals surface area contributed by atoms with Crippen LogP contribution < -0.4 is 0 Å². The second kappa shape index (κ2) is 36.0. The summed E-state index contributed by atoms with van der Waals surface area (Å²) in [6.07, 6.45) is 42.8. The summed E-state index contributed by atoms with van der Waals surface area (Å²) >= 11 is 0. The largest absolute Gasteiger partial charge is 0.477 e. The summed E-state index contributed by atoms with van der Waals surface area (Å²) in [6, 6.07) is -0.617. The first-order valence-corrected chi connectivity index (χ1v) is 20.8. The molecule has 0 aromatic carbocycles. The Morgan fingerprint density at radius 3 is 1.57 bits per heavy atom. The fourth-order valence-electron chi connectivity index (χ4n) is 5.70. The van der Waals surface area contributed by atoms with E-state index in [4.69, 9.17) is 14.2 Å². The van der Waals surface area contributed by atoms with Crippen LogP contribution in [0.5, 0.6) is 0 Å². The maximum absolute atomic E-state index is 12.7. The minimum atomic E-state index is -0.881. The van der Waals surface area contributed by atoms with E-state index in [-0.39, 0.29) is 36.2 Å². The molecule has 2 unspecified atom stereocenters. The number of hydrogen-bond acceptors (Lipinski definition) is 6. The van der Waals surface area contributed by atoms with Gasteiger partial charge in [-0.25, -0.2) is 4.79 Å². The minimum absolute atomic E-state index is 0.0534. The van der Waals surface area contributed by atoms with Gasteiger partial charge >= 0.3 is 17.9 Å². The number of nitrogens with zero attached hydrogens (tertiary/aromatic N) is 1. The average Bonchev–Trinajstić information content (AvgIpc) is 3.11. The summed E-state index contributed by atoms with van der Waals surface area (Å²) in [4.78, 5) is 36.7. The van der Waals surface area contributed by atoms with Crippen LogP contribution in [-0.4, -0.2) is 80.6 Å². The molecule has 304 valence electrons. The zero-order valence-corrected chi connectivity index (χ0v) is 34.4. The van der Waals surface area contributed by atoms with E-state index in [0.717, 1.165) is 83.5 Å². The maximum Gasteiger partial charge on any atom is 0.362 e. The molecule has 0 radical (unpaired) electrons. The smallest absolute Gasteiger partial charge is 0.362 e. The van der Waals surface area contributed by atoms with Gasteiger partial charge in [-0.15, -0.1) is 0 Å². The quantitative estimate of drug-likeness (QED) is 0.0295. The van der Waals surface area contributed by atoms with Crippen LogP contribution in [0.15, 0.2) is 60.8 Å². The molecule has 0 spiro atoms. The Bertz CT molecular complexity index is 1050. The van der Waals surface area contributed by atoms with Crippen molar-refractivity contribution in [2.75, 3.05) is 41.0 Å². The first-order valence-electron chi connectivity index (χ1n) is 20.8. The van der Waals surface area contributed by atoms with E-state index in [9.17, 15) is 19.5 Å². The van der Waals surface area contributed by atoms with E-state index in [2.05, 4.69) is 74.6 Å². The molecule has 0 rings (SSSR count). The number of rotatable bonds is 36. The monoisotopic (exact) mass is 745 g/mol. The molecule has 0 saturated carbocycles. The molecule has 8 heteroatoms. The lowest BCUT2D eigenvalue weighted by Crippen LogP contribution is -2.50. The van der Waals surface area contributed by atoms with E-state index in [1.165, 1.54) is 38.5 Å². The van der Waals surface area contributed by atoms with E-state index in [0.29, 0.717) is 19.3 Å². The first kappa shape index (κ1) is 50.0. The van der Waals surface area contributed by atoms with Crippen molar-refractivity contribution < 1.29 is 38.2 Å². The minimum Gasteiger partial charge on any atom is -0.477 e. The number of aliphatic carboxylic acids is 1. The lowest BCUT2D eigenvalue weighted by Gasteiger charge is -2.31. The van der Waals surface area contributed by atoms with Gasteiger partial charge in [-0.05, 0) is 57.8 Å². The summed E-state index contributed by atoms with van der Waals surface area (Å²) < 4.78 is 17.2. The zero-order valence-electron chi connectivity index (χ0n) is 34.4. The number of carbonyl (C=O) groups excluding carboxylic acids is 2. The van der Waals surface area contributed by atoms with Crippen molar-refractivity contribution in [3.05, 3.63) is 60.8 Å². The molecular formula is C45H78NO7+. The van der Waals surface area contributed by atoms with E-state index >= 15 is 0 Å². The highest BCUT2D eigenvalue weighted by Gasteiger charge is 2.31. The lowest BCUT2D eigenvalue weighted by molar-refractivity contribution is -0.887. The third-order valence-corrected chi connectivity index (χ3v) is 8.93. The predicted octanol–water partition coefficient (Wildman–Crippen LogP) is 11.0. The van der Waals surface area contributed by atoms with Crippen LogP contribution in [0.3, 0.4) is 0 Å². The Balaban J connectivity index is 4.29. The molecule has 0 aromatic rings. The highest BCUT2D eigenvalue weighted by molar-refractivity contribution is 5.72. The molecule has 0 heterocycles. The SMILES string of the molecule is CC/C=C/C/C=C/C/C=C/C/C=C/C/C=C/CCCCCCCCC(=O)OC(COCCC(C(=O)O)[N+](C)(C)C)COC(=O)CCCCCCCCC. The number of quaternary nitrogens is 1. The highest BCUT2D eigenvalue weighted by Crippen LogP contribution is 2.13. The van der Waals surface area contributed by atoms with Crippen molar-refractivity contribution in [1.82, 2.24) is 0 Å². The second-order valence-electron chi connectivity index (χ2n) is 14.9. The Hall–Kier alpha value is -2.97. The Labute approximate surface area is 324 Å². The van der Waals surface area contributed by atoms with Crippen LogP contribution in [-0.2, 0) is 28.6 Å². The van der Waals surface area contributed by atoms with Crippen LogP contribution in [0, 0.1) is 0 Å². The molecule has 0 bridgehead atoms. The van der Waals surface area contributed by atoms with Gasteiger partial charge in [0.25, 0.3) is 0 Å². The van der Waals surface area contributed by atoms with Gasteiger partial charge in [0.2, 0.25) is 0 Å². The van der Waals surface area contributed by atoms with Crippen molar-refractivity contribution >= 4 is 17.9 Å². The van der Waals surface area contributed by atoms with Gasteiger partial charge in [0.15, 0.2) is 12.1 Å². The topological polar surface area (TPSA) is 99.1 Å². The number of carboxylic acid groups (broad SMARTS) is 1. The third-order valence-electron chi connectivity index (χ3n) is 8.93. The number of carbonyl (C=O) groups is 3. The number of likely N-dealkylation sites (N-methyl/N-ethyl adjacent to an activating group) is 1. The van der Waals surface area contributed by atoms with Crippen LogP contribution >= 0.6 is 0 Å². The molecule has 0 amide bonds. The van der Waals surface area contributed by atoms with Crippen molar-refractivity contribution in [1.29, 1.82) is 0 Å². The molecular weight excluding hydrogens is 666 g/mol. The number of ether oxygens (including phenoxy) is 3. The molecule has 8 nitrogen and oxygen atoms in total. The molecule has 0 aliphatic heterocycles. The molecule has 0 aliphatic rings. The molecule has 0 saturated heterocycles. The molecule has 1 N–H and O–H groups in total. The van der Waals surface area contributed by atoms with Gasteiger partial charge < -0.3 is 23.8 Å². The maximum atomic E-state index is 12.7. The Kier molecular flexibility index (Phi) is 34.0. The molecule has 53 heavy (non-hydrogen) atoms. The van der Waals surface area contributed by atoms with Gasteiger partial charge in [0.05, 0.1) is 34.4 Å². The number of carboxylic acids is 1. The average molecular weight is 745 g/mol. The third kappa shape index (κ3) is 34.5. The molecule has 2 atom stereocenters. The van der Waals surface area contributed by atoms with Gasteiger partial charge in [-0.3, -0.25) is 9.59 Å². The molecule has 0 aromatic heterocycles. The van der Waals surface area contributed by atoms with Gasteiger partial charge in [0, 0.05) is 19.3 Å². The molecule has 0 aliphatic carbocycles. The number of hydrogen-bond donors (Lipinski definition) is 1. The van der Waals surface area contributed by atoms with Crippen molar-refractivity contribution in [3.63, 3.8) is 0 Å². The predicted molar refractivity (Wildman–Crippen MR) is 220 cm³/mol. The first-order chi connectivity index (χ1) is 25.6. The van der Waals surface area contributed by atoms with Crippen LogP contribution in [0.25, 0.3) is 0 Å². The summed E-state index contributed by atoms with van der Waals surface area (Å²) in [6.45, 7) is 4.54. The van der Waals surface area contributed by atoms with Crippen molar-refractivity contribution in [2.24, 2.45) is 0 Å². The number of esters is 2. The Morgan fingerprint density at radius 2 is 1.06 bits per heavy atom. The van der Waals surface area contributed by atoms with Gasteiger partial charge in [-0.2, -0.15) is 0 Å². The fraction of sp³-hybridized carbons (Fsp3) is 0.711. The van der Waals surface area contributed by atoms with Crippen LogP contribution in [0.4, 0.5) is 0 Å². The number of unbranched alkanes of at least 4 members (excludes halogenated alkanes) is 12. The van der Waals surface area contributed by atoms with E-state index in [1.807, 2.05) is 21.1 Å². The van der Waals surface area contributed by atoms with Crippen molar-refractivity contribution in [2.45, 2.75) is 167 Å². The molecule has 0 fully saturated rings. The Morgan fingerprint density at radius 1 is 0.585 bits per heavy atom. The summed E-state index contributed by atoms with van der Waals surface area (Å²) in [5, 5.41) is 9.58. The number of allylic oxidation sites excluding steroid dienone is 10. The lowest BCUT2D eigenvalue weighted by atomic mass is 10.1. The van der Waals surface area contributed by atoms with Crippen LogP contribution in [0.1, 0.15) is 155 Å². The van der Waals surface area contributed by atoms with Crippen molar-refractivity contribution in [3.8, 4) is 0 Å². The van der Waals surface area contributed by atoms with Gasteiger partial charge in [0.1, 0.15) is 6.61 Å². The summed E-state index contributed by atoms with van der Waals surface area (Å²) in [5.41, 5.74) is 0. The highest BCUT2D eigenvalue weighted by atomic mass is 16.6. The van der Waals surface area contributed by atoms with Gasteiger partial charge in [-0.1, -0.05) is 139 Å². The van der Waals surface area contributed by atoms with E-state index < -0.39 is 18.1 Å². The normalized spacial score (nSPS) is 13.6. The van der Waals surface area contributed by atoms with Crippen LogP contribution in [0.2, 0.25) is 0 Å².